The Bertz CT molecular complexity index is 966. The van der Waals surface area contributed by atoms with Crippen LogP contribution in [-0.4, -0.2) is 0 Å². The monoisotopic (exact) mass is 355 g/mol. The molecule has 1 heteroatoms. The Balaban J connectivity index is 1.78. The molecular weight excluding hydrogens is 326 g/mol. The largest absolute Gasteiger partial charge is 0.192 e. The lowest BCUT2D eigenvalue weighted by molar-refractivity contribution is 0.332. The van der Waals surface area contributed by atoms with E-state index in [2.05, 4.69) is 70.2 Å². The lowest BCUT2D eigenvalue weighted by atomic mass is 9.63. The van der Waals surface area contributed by atoms with Crippen molar-refractivity contribution in [2.45, 2.75) is 70.6 Å². The molecule has 0 N–H and O–H groups in total. The first-order valence-corrected chi connectivity index (χ1v) is 10.2. The van der Waals surface area contributed by atoms with E-state index in [4.69, 9.17) is 0 Å². The summed E-state index contributed by atoms with van der Waals surface area (Å²) in [5.74, 6) is 0. The minimum atomic E-state index is 0.242. The van der Waals surface area contributed by atoms with Crippen LogP contribution < -0.4 is 0 Å². The number of hydrogen-bond acceptors (Lipinski definition) is 1. The van der Waals surface area contributed by atoms with Crippen LogP contribution in [0.2, 0.25) is 0 Å². The Morgan fingerprint density at radius 1 is 0.889 bits per heavy atom. The Kier molecular flexibility index (Phi) is 4.26. The molecule has 0 saturated heterocycles. The predicted molar refractivity (Wildman–Crippen MR) is 114 cm³/mol. The number of aryl methyl sites for hydroxylation is 1. The molecule has 138 valence electrons. The van der Waals surface area contributed by atoms with Crippen molar-refractivity contribution >= 4 is 11.6 Å². The van der Waals surface area contributed by atoms with Gasteiger partial charge in [0.05, 0.1) is 11.6 Å². The summed E-state index contributed by atoms with van der Waals surface area (Å²) in [6, 6.07) is 15.5. The molecule has 4 rings (SSSR count). The normalized spacial score (nSPS) is 21.2. The average Bonchev–Trinajstić information content (AvgIpc) is 2.65. The van der Waals surface area contributed by atoms with Crippen molar-refractivity contribution in [3.05, 3.63) is 69.8 Å². The molecule has 0 spiro atoms. The van der Waals surface area contributed by atoms with Gasteiger partial charge < -0.3 is 0 Å². The fourth-order valence-corrected chi connectivity index (χ4v) is 4.83. The molecule has 0 fully saturated rings. The predicted octanol–water partition coefficient (Wildman–Crippen LogP) is 6.78. The van der Waals surface area contributed by atoms with Crippen LogP contribution in [0.3, 0.4) is 0 Å². The highest BCUT2D eigenvalue weighted by molar-refractivity contribution is 5.84. The molecule has 0 bridgehead atoms. The van der Waals surface area contributed by atoms with Crippen LogP contribution in [0.25, 0.3) is 11.6 Å². The van der Waals surface area contributed by atoms with Gasteiger partial charge in [-0.15, -0.1) is 0 Å². The second-order valence-electron chi connectivity index (χ2n) is 9.58. The fourth-order valence-electron chi connectivity index (χ4n) is 4.83. The van der Waals surface area contributed by atoms with Crippen molar-refractivity contribution in [3.63, 3.8) is 0 Å². The van der Waals surface area contributed by atoms with Gasteiger partial charge in [0.2, 0.25) is 0 Å². The maximum atomic E-state index is 9.18. The van der Waals surface area contributed by atoms with Gasteiger partial charge >= 0.3 is 0 Å². The molecular formula is C26H29N. The zero-order valence-corrected chi connectivity index (χ0v) is 17.0. The first-order valence-electron chi connectivity index (χ1n) is 10.2. The Morgan fingerprint density at radius 2 is 1.63 bits per heavy atom. The molecule has 2 aromatic rings. The summed E-state index contributed by atoms with van der Waals surface area (Å²) in [7, 11) is 0. The number of benzene rings is 2. The zero-order chi connectivity index (χ0) is 19.2. The van der Waals surface area contributed by atoms with Crippen molar-refractivity contribution in [1.29, 1.82) is 5.26 Å². The first kappa shape index (κ1) is 18.1. The van der Waals surface area contributed by atoms with Gasteiger partial charge in [-0.2, -0.15) is 5.26 Å². The molecule has 0 amide bonds. The van der Waals surface area contributed by atoms with E-state index < -0.39 is 0 Å². The fraction of sp³-hybridized carbons (Fsp3) is 0.423. The molecule has 27 heavy (non-hydrogen) atoms. The minimum absolute atomic E-state index is 0.242. The third-order valence-corrected chi connectivity index (χ3v) is 6.69. The average molecular weight is 356 g/mol. The molecule has 0 atom stereocenters. The summed E-state index contributed by atoms with van der Waals surface area (Å²) in [6.45, 7) is 9.53. The maximum Gasteiger partial charge on any atom is 0.0991 e. The molecule has 0 unspecified atom stereocenters. The highest BCUT2D eigenvalue weighted by atomic mass is 14.4. The van der Waals surface area contributed by atoms with Gasteiger partial charge in [0.15, 0.2) is 0 Å². The Labute approximate surface area is 163 Å². The lowest BCUT2D eigenvalue weighted by Gasteiger charge is -2.42. The molecule has 2 aromatic carbocycles. The van der Waals surface area contributed by atoms with Crippen LogP contribution in [0, 0.1) is 11.3 Å². The second kappa shape index (κ2) is 6.38. The van der Waals surface area contributed by atoms with Gasteiger partial charge in [-0.1, -0.05) is 58.0 Å². The lowest BCUT2D eigenvalue weighted by Crippen LogP contribution is -2.33. The van der Waals surface area contributed by atoms with Crippen LogP contribution in [0.1, 0.15) is 86.8 Å². The summed E-state index contributed by atoms with van der Waals surface area (Å²) in [5.41, 5.74) is 9.69. The molecule has 0 heterocycles. The topological polar surface area (TPSA) is 23.8 Å². The molecule has 2 aliphatic carbocycles. The number of hydrogen-bond donors (Lipinski definition) is 0. The van der Waals surface area contributed by atoms with E-state index in [1.165, 1.54) is 46.2 Å². The molecule has 0 saturated carbocycles. The standard InChI is InChI=1S/C26H29N/c1-25(2)12-13-26(3,4)24-16-18(9-11-23(24)25)14-20-6-5-7-21-15-19(17-27)8-10-22(20)21/h8-11,14-16H,5-7,12-13H2,1-4H3. The van der Waals surface area contributed by atoms with Gasteiger partial charge in [0, 0.05) is 0 Å². The van der Waals surface area contributed by atoms with Gasteiger partial charge in [0.1, 0.15) is 0 Å². The highest BCUT2D eigenvalue weighted by Gasteiger charge is 2.36. The third kappa shape index (κ3) is 3.23. The number of fused-ring (bicyclic) bond motifs is 2. The van der Waals surface area contributed by atoms with E-state index in [-0.39, 0.29) is 10.8 Å². The van der Waals surface area contributed by atoms with Crippen LogP contribution in [0.4, 0.5) is 0 Å². The molecule has 1 nitrogen and oxygen atoms in total. The number of nitriles is 1. The van der Waals surface area contributed by atoms with E-state index in [1.807, 2.05) is 6.07 Å². The Morgan fingerprint density at radius 3 is 2.37 bits per heavy atom. The molecule has 0 radical (unpaired) electrons. The summed E-state index contributed by atoms with van der Waals surface area (Å²) >= 11 is 0. The van der Waals surface area contributed by atoms with E-state index in [9.17, 15) is 5.26 Å². The Hall–Kier alpha value is -2.33. The van der Waals surface area contributed by atoms with Gasteiger partial charge in [-0.25, -0.2) is 0 Å². The van der Waals surface area contributed by atoms with E-state index in [1.54, 1.807) is 0 Å². The molecule has 0 aromatic heterocycles. The number of allylic oxidation sites excluding steroid dienone is 1. The van der Waals surface area contributed by atoms with E-state index in [0.29, 0.717) is 0 Å². The first-order chi connectivity index (χ1) is 12.8. The van der Waals surface area contributed by atoms with Crippen LogP contribution in [0.15, 0.2) is 36.4 Å². The van der Waals surface area contributed by atoms with Crippen molar-refractivity contribution in [3.8, 4) is 6.07 Å². The van der Waals surface area contributed by atoms with Gasteiger partial charge in [-0.05, 0) is 88.5 Å². The third-order valence-electron chi connectivity index (χ3n) is 6.69. The zero-order valence-electron chi connectivity index (χ0n) is 17.0. The van der Waals surface area contributed by atoms with Crippen LogP contribution in [0.5, 0.6) is 0 Å². The van der Waals surface area contributed by atoms with Gasteiger partial charge in [0.25, 0.3) is 0 Å². The molecule has 0 aliphatic heterocycles. The minimum Gasteiger partial charge on any atom is -0.192 e. The van der Waals surface area contributed by atoms with Gasteiger partial charge in [-0.3, -0.25) is 0 Å². The maximum absolute atomic E-state index is 9.18. The van der Waals surface area contributed by atoms with Crippen molar-refractivity contribution in [2.24, 2.45) is 0 Å². The van der Waals surface area contributed by atoms with Crippen molar-refractivity contribution in [1.82, 2.24) is 0 Å². The summed E-state index contributed by atoms with van der Waals surface area (Å²) in [5, 5.41) is 9.18. The molecule has 2 aliphatic rings. The number of rotatable bonds is 1. The van der Waals surface area contributed by atoms with Crippen LogP contribution >= 0.6 is 0 Å². The smallest absolute Gasteiger partial charge is 0.0991 e. The van der Waals surface area contributed by atoms with Crippen molar-refractivity contribution in [2.75, 3.05) is 0 Å². The summed E-state index contributed by atoms with van der Waals surface area (Å²) < 4.78 is 0. The van der Waals surface area contributed by atoms with E-state index >= 15 is 0 Å². The number of nitrogens with zero attached hydrogens (tertiary/aromatic N) is 1. The quantitative estimate of drug-likeness (QED) is 0.553. The van der Waals surface area contributed by atoms with Crippen LogP contribution in [-0.2, 0) is 17.3 Å². The summed E-state index contributed by atoms with van der Waals surface area (Å²) in [4.78, 5) is 0. The second-order valence-corrected chi connectivity index (χ2v) is 9.58. The summed E-state index contributed by atoms with van der Waals surface area (Å²) in [6.07, 6.45) is 8.23. The van der Waals surface area contributed by atoms with Crippen molar-refractivity contribution < 1.29 is 0 Å². The highest BCUT2D eigenvalue weighted by Crippen LogP contribution is 2.46. The SMILES string of the molecule is CC1(C)CCC(C)(C)c2cc(C=C3CCCc4cc(C#N)ccc43)ccc21. The van der Waals surface area contributed by atoms with E-state index in [0.717, 1.165) is 24.8 Å².